The zero-order chi connectivity index (χ0) is 37.4. The number of carbonyl (C=O) groups excluding carboxylic acids is 3. The summed E-state index contributed by atoms with van der Waals surface area (Å²) in [7, 11) is 0. The number of nitro groups is 2. The van der Waals surface area contributed by atoms with Crippen LogP contribution in [0.4, 0.5) is 11.4 Å². The number of amides is 1. The first-order valence-electron chi connectivity index (χ1n) is 16.2. The average molecular weight is 752 g/mol. The molecule has 4 atom stereocenters. The Kier molecular flexibility index (Phi) is 10.4. The average Bonchev–Trinajstić information content (AvgIpc) is 3.77. The largest absolute Gasteiger partial charge is 0.460 e. The van der Waals surface area contributed by atoms with Crippen LogP contribution in [0.25, 0.3) is 10.4 Å². The number of hydrogen-bond acceptors (Lipinski definition) is 13. The quantitative estimate of drug-likeness (QED) is 0.0472. The van der Waals surface area contributed by atoms with Crippen LogP contribution in [0.2, 0.25) is 0 Å². The molecule has 2 aliphatic heterocycles. The molecule has 3 N–H and O–H groups in total. The molecule has 1 unspecified atom stereocenters. The summed E-state index contributed by atoms with van der Waals surface area (Å²) >= 11 is 2.94. The van der Waals surface area contributed by atoms with E-state index < -0.39 is 45.9 Å². The number of thioether (sulfide) groups is 1. The predicted octanol–water partition coefficient (Wildman–Crippen LogP) is 3.66. The molecule has 1 saturated heterocycles. The number of fused-ring (bicyclic) bond motifs is 2. The van der Waals surface area contributed by atoms with Crippen molar-refractivity contribution in [1.82, 2.24) is 9.30 Å². The highest BCUT2D eigenvalue weighted by atomic mass is 32.2. The highest BCUT2D eigenvalue weighted by Crippen LogP contribution is 2.49. The third-order valence-electron chi connectivity index (χ3n) is 9.26. The van der Waals surface area contributed by atoms with Gasteiger partial charge in [0.15, 0.2) is 0 Å². The van der Waals surface area contributed by atoms with Crippen LogP contribution in [0.3, 0.4) is 0 Å². The number of carbonyl (C=O) groups is 3. The first-order chi connectivity index (χ1) is 24.8. The summed E-state index contributed by atoms with van der Waals surface area (Å²) in [6.45, 7) is 3.65. The molecule has 0 spiro atoms. The fraction of sp³-hybridized carbons (Fsp3) is 0.353. The van der Waals surface area contributed by atoms with E-state index in [0.717, 1.165) is 20.6 Å². The summed E-state index contributed by atoms with van der Waals surface area (Å²) in [6.07, 6.45) is 3.54. The Labute approximate surface area is 304 Å². The third kappa shape index (κ3) is 6.89. The minimum atomic E-state index is -0.916. The van der Waals surface area contributed by atoms with Crippen molar-refractivity contribution in [3.05, 3.63) is 102 Å². The van der Waals surface area contributed by atoms with Crippen LogP contribution in [-0.4, -0.2) is 66.5 Å². The Morgan fingerprint density at radius 2 is 1.63 bits per heavy atom. The van der Waals surface area contributed by atoms with Crippen LogP contribution in [0.1, 0.15) is 41.6 Å². The number of nitro benzene ring substituents is 2. The van der Waals surface area contributed by atoms with E-state index in [0.29, 0.717) is 29.7 Å². The lowest BCUT2D eigenvalue weighted by molar-refractivity contribution is -0.735. The third-order valence-corrected chi connectivity index (χ3v) is 11.3. The predicted molar refractivity (Wildman–Crippen MR) is 188 cm³/mol. The van der Waals surface area contributed by atoms with Crippen LogP contribution in [0.5, 0.6) is 0 Å². The molecule has 0 aliphatic carbocycles. The number of esters is 2. The number of aryl methyl sites for hydroxylation is 1. The number of aliphatic hydroxyl groups excluding tert-OH is 1. The summed E-state index contributed by atoms with van der Waals surface area (Å²) < 4.78 is 15.0. The van der Waals surface area contributed by atoms with Gasteiger partial charge in [-0.15, -0.1) is 0 Å². The van der Waals surface area contributed by atoms with Gasteiger partial charge in [0, 0.05) is 43.2 Å². The highest BCUT2D eigenvalue weighted by Gasteiger charge is 2.57. The standard InChI is InChI=1S/C34H35N6O10S2/c1-18(41)28-26-14-24(29(38(26)30(28)42)34(44)50-17-21-6-10-23(11-7-21)40(47)48)27-15-37-19(2)36(31(51-3)32(37)52-27)13-12-25(35)33(43)49-16-20-4-8-22(9-5-20)39(45)46/h4-11,15,18,25-26,28,41H,12-14,16-17,35H2,1-3H3/q+1/t18-,25?,26-,28-/m1/s1. The first-order valence-corrected chi connectivity index (χ1v) is 18.2. The van der Waals surface area contributed by atoms with E-state index in [9.17, 15) is 39.7 Å². The van der Waals surface area contributed by atoms with Gasteiger partial charge in [0.25, 0.3) is 17.2 Å². The molecular formula is C34H35N6O10S2+. The van der Waals surface area contributed by atoms with Crippen LogP contribution in [-0.2, 0) is 43.6 Å². The van der Waals surface area contributed by atoms with Crippen LogP contribution in [0, 0.1) is 33.1 Å². The summed E-state index contributed by atoms with van der Waals surface area (Å²) in [4.78, 5) is 63.4. The van der Waals surface area contributed by atoms with E-state index in [1.165, 1.54) is 76.5 Å². The topological polar surface area (TPSA) is 214 Å². The van der Waals surface area contributed by atoms with E-state index in [-0.39, 0.29) is 42.6 Å². The first kappa shape index (κ1) is 36.6. The Hall–Kier alpha value is -5.17. The molecule has 52 heavy (non-hydrogen) atoms. The van der Waals surface area contributed by atoms with Gasteiger partial charge in [-0.05, 0) is 55.0 Å². The molecular weight excluding hydrogens is 717 g/mol. The molecule has 2 aliphatic rings. The molecule has 4 heterocycles. The van der Waals surface area contributed by atoms with E-state index in [1.807, 2.05) is 28.3 Å². The van der Waals surface area contributed by atoms with E-state index in [4.69, 9.17) is 15.2 Å². The molecule has 1 fully saturated rings. The minimum Gasteiger partial charge on any atom is -0.460 e. The molecule has 2 aromatic heterocycles. The summed E-state index contributed by atoms with van der Waals surface area (Å²) in [5.41, 5.74) is 7.92. The summed E-state index contributed by atoms with van der Waals surface area (Å²) in [5, 5.41) is 33.1. The van der Waals surface area contributed by atoms with E-state index in [1.54, 1.807) is 6.92 Å². The van der Waals surface area contributed by atoms with Gasteiger partial charge in [-0.2, -0.15) is 4.40 Å². The Bertz CT molecular complexity index is 2110. The number of nitrogens with two attached hydrogens (primary N) is 1. The highest BCUT2D eigenvalue weighted by molar-refractivity contribution is 7.98. The lowest BCUT2D eigenvalue weighted by atomic mass is 9.83. The smallest absolute Gasteiger partial charge is 0.355 e. The number of thiazole rings is 1. The zero-order valence-electron chi connectivity index (χ0n) is 28.3. The monoisotopic (exact) mass is 751 g/mol. The number of benzene rings is 2. The minimum absolute atomic E-state index is 0.0620. The number of ether oxygens (including phenoxy) is 2. The van der Waals surface area contributed by atoms with Crippen LogP contribution < -0.4 is 10.3 Å². The lowest BCUT2D eigenvalue weighted by Crippen LogP contribution is -2.61. The van der Waals surface area contributed by atoms with Gasteiger partial charge in [-0.3, -0.25) is 29.8 Å². The van der Waals surface area contributed by atoms with Gasteiger partial charge >= 0.3 is 11.9 Å². The second-order valence-corrected chi connectivity index (χ2v) is 14.3. The Morgan fingerprint density at radius 1 is 1.06 bits per heavy atom. The number of hydrogen-bond donors (Lipinski definition) is 2. The number of non-ortho nitro benzene ring substituents is 2. The Balaban J connectivity index is 1.20. The number of rotatable bonds is 14. The SMILES string of the molecule is CSc1c2sc(C3=C(C(=O)OCc4ccc([N+](=O)[O-])cc4)N4C(=O)[C@H]([C@@H](C)O)[C@H]4C3)cn2c(C)[n+]1CCC(N)C(=O)OCc1ccc([N+](=O)[O-])cc1. The molecule has 2 aromatic carbocycles. The second kappa shape index (κ2) is 14.8. The van der Waals surface area contributed by atoms with Crippen LogP contribution >= 0.6 is 23.1 Å². The molecule has 1 amide bonds. The van der Waals surface area contributed by atoms with Crippen molar-refractivity contribution >= 4 is 62.7 Å². The number of imidazole rings is 1. The maximum atomic E-state index is 13.6. The summed E-state index contributed by atoms with van der Waals surface area (Å²) in [6, 6.07) is 10.0. The van der Waals surface area contributed by atoms with Crippen molar-refractivity contribution in [2.24, 2.45) is 11.7 Å². The lowest BCUT2D eigenvalue weighted by Gasteiger charge is -2.44. The molecule has 272 valence electrons. The van der Waals surface area contributed by atoms with Crippen molar-refractivity contribution in [3.63, 3.8) is 0 Å². The van der Waals surface area contributed by atoms with E-state index in [2.05, 4.69) is 0 Å². The van der Waals surface area contributed by atoms with Gasteiger partial charge in [-0.1, -0.05) is 23.1 Å². The van der Waals surface area contributed by atoms with Gasteiger partial charge in [0.2, 0.25) is 15.8 Å². The molecule has 18 heteroatoms. The van der Waals surface area contributed by atoms with Crippen LogP contribution in [0.15, 0.2) is 65.5 Å². The fourth-order valence-electron chi connectivity index (χ4n) is 6.51. The summed E-state index contributed by atoms with van der Waals surface area (Å²) in [5.74, 6) is -1.48. The van der Waals surface area contributed by atoms with Crippen molar-refractivity contribution in [1.29, 1.82) is 0 Å². The molecule has 16 nitrogen and oxygen atoms in total. The second-order valence-electron chi connectivity index (χ2n) is 12.5. The van der Waals surface area contributed by atoms with Crippen molar-refractivity contribution in [3.8, 4) is 0 Å². The maximum Gasteiger partial charge on any atom is 0.355 e. The molecule has 6 rings (SSSR count). The molecule has 0 radical (unpaired) electrons. The zero-order valence-corrected chi connectivity index (χ0v) is 29.9. The van der Waals surface area contributed by atoms with Gasteiger partial charge in [0.05, 0.1) is 39.3 Å². The van der Waals surface area contributed by atoms with Gasteiger partial charge in [0.1, 0.15) is 31.1 Å². The van der Waals surface area contributed by atoms with Crippen molar-refractivity contribution in [2.75, 3.05) is 6.26 Å². The normalized spacial score (nSPS) is 17.9. The number of aliphatic hydroxyl groups is 1. The molecule has 0 bridgehead atoms. The van der Waals surface area contributed by atoms with E-state index >= 15 is 0 Å². The Morgan fingerprint density at radius 3 is 2.17 bits per heavy atom. The maximum absolute atomic E-state index is 13.6. The number of β-lactam (4-membered cyclic amide) rings is 1. The fourth-order valence-corrected chi connectivity index (χ4v) is 8.75. The molecule has 0 saturated carbocycles. The van der Waals surface area contributed by atoms with Crippen molar-refractivity contribution in [2.45, 2.75) is 69.7 Å². The van der Waals surface area contributed by atoms with Gasteiger partial charge in [-0.25, -0.2) is 9.36 Å². The number of aromatic nitrogens is 2. The number of nitrogens with zero attached hydrogens (tertiary/aromatic N) is 5. The van der Waals surface area contributed by atoms with Crippen molar-refractivity contribution < 1.29 is 43.4 Å². The van der Waals surface area contributed by atoms with Gasteiger partial charge < -0.3 is 25.2 Å². The molecule has 4 aromatic rings.